The molecule has 1 aromatic heterocycles. The summed E-state index contributed by atoms with van der Waals surface area (Å²) in [6.07, 6.45) is 1.38. The maximum Gasteiger partial charge on any atom is 0.345 e. The molecular formula is C29H17BrCl3N3O3. The van der Waals surface area contributed by atoms with E-state index in [0.29, 0.717) is 32.1 Å². The summed E-state index contributed by atoms with van der Waals surface area (Å²) in [6, 6.07) is 24.4. The van der Waals surface area contributed by atoms with E-state index < -0.39 is 11.9 Å². The first-order chi connectivity index (χ1) is 18.8. The van der Waals surface area contributed by atoms with Crippen molar-refractivity contribution in [3.63, 3.8) is 0 Å². The van der Waals surface area contributed by atoms with Gasteiger partial charge in [-0.05, 0) is 48.0 Å². The van der Waals surface area contributed by atoms with Gasteiger partial charge in [0, 0.05) is 26.0 Å². The number of carbonyl (C=O) groups is 2. The standard InChI is InChI=1S/C29H17BrCl3N3O3/c30-18-10-11-24(39-29(38)20-8-4-5-9-22(20)32)17(12-18)15-34-36-28(37)27-25(16-6-2-1-3-7-16)21-13-19(31)14-23(33)26(21)35-27/h1-15,35H,(H,36,37). The van der Waals surface area contributed by atoms with Crippen molar-refractivity contribution < 1.29 is 14.3 Å². The van der Waals surface area contributed by atoms with Crippen LogP contribution in [0.4, 0.5) is 0 Å². The van der Waals surface area contributed by atoms with Crippen molar-refractivity contribution in [1.29, 1.82) is 0 Å². The molecule has 0 saturated carbocycles. The Hall–Kier alpha value is -3.62. The van der Waals surface area contributed by atoms with Gasteiger partial charge in [0.1, 0.15) is 11.4 Å². The largest absolute Gasteiger partial charge is 0.422 e. The normalized spacial score (nSPS) is 11.2. The summed E-state index contributed by atoms with van der Waals surface area (Å²) in [5, 5.41) is 5.93. The quantitative estimate of drug-likeness (QED) is 0.0844. The van der Waals surface area contributed by atoms with E-state index in [4.69, 9.17) is 39.5 Å². The summed E-state index contributed by atoms with van der Waals surface area (Å²) in [6.45, 7) is 0. The Labute approximate surface area is 246 Å². The van der Waals surface area contributed by atoms with Gasteiger partial charge in [-0.3, -0.25) is 4.79 Å². The Bertz CT molecular complexity index is 1750. The number of benzene rings is 4. The highest BCUT2D eigenvalue weighted by molar-refractivity contribution is 9.10. The van der Waals surface area contributed by atoms with E-state index in [1.807, 2.05) is 30.3 Å². The molecule has 0 aliphatic carbocycles. The Morgan fingerprint density at radius 1 is 0.897 bits per heavy atom. The molecule has 10 heteroatoms. The second kappa shape index (κ2) is 11.6. The van der Waals surface area contributed by atoms with E-state index in [0.717, 1.165) is 10.0 Å². The van der Waals surface area contributed by atoms with Gasteiger partial charge in [0.2, 0.25) is 0 Å². The molecule has 0 saturated heterocycles. The zero-order valence-corrected chi connectivity index (χ0v) is 23.7. The number of ether oxygens (including phenoxy) is 1. The maximum atomic E-state index is 13.3. The van der Waals surface area contributed by atoms with Crippen LogP contribution in [-0.4, -0.2) is 23.1 Å². The summed E-state index contributed by atoms with van der Waals surface area (Å²) in [5.74, 6) is -0.890. The van der Waals surface area contributed by atoms with E-state index in [1.54, 1.807) is 54.6 Å². The number of rotatable bonds is 6. The van der Waals surface area contributed by atoms with Crippen LogP contribution in [0.1, 0.15) is 26.4 Å². The number of H-pyrrole nitrogens is 1. The lowest BCUT2D eigenvalue weighted by Crippen LogP contribution is -2.19. The van der Waals surface area contributed by atoms with Crippen LogP contribution in [-0.2, 0) is 0 Å². The Morgan fingerprint density at radius 2 is 1.64 bits per heavy atom. The van der Waals surface area contributed by atoms with Crippen molar-refractivity contribution in [2.75, 3.05) is 0 Å². The van der Waals surface area contributed by atoms with Gasteiger partial charge >= 0.3 is 5.97 Å². The molecule has 0 spiro atoms. The number of nitrogens with one attached hydrogen (secondary N) is 2. The fraction of sp³-hybridized carbons (Fsp3) is 0. The van der Waals surface area contributed by atoms with E-state index in [1.165, 1.54) is 6.21 Å². The van der Waals surface area contributed by atoms with E-state index in [2.05, 4.69) is 31.4 Å². The Morgan fingerprint density at radius 3 is 2.41 bits per heavy atom. The predicted molar refractivity (Wildman–Crippen MR) is 159 cm³/mol. The predicted octanol–water partition coefficient (Wildman–Crippen LogP) is 8.54. The molecule has 5 rings (SSSR count). The van der Waals surface area contributed by atoms with Crippen molar-refractivity contribution in [3.8, 4) is 16.9 Å². The van der Waals surface area contributed by atoms with Gasteiger partial charge in [-0.2, -0.15) is 5.10 Å². The zero-order chi connectivity index (χ0) is 27.5. The van der Waals surface area contributed by atoms with Gasteiger partial charge in [0.15, 0.2) is 0 Å². The summed E-state index contributed by atoms with van der Waals surface area (Å²) < 4.78 is 6.29. The number of esters is 1. The molecule has 0 fully saturated rings. The third-order valence-electron chi connectivity index (χ3n) is 5.75. The number of fused-ring (bicyclic) bond motifs is 1. The molecule has 2 N–H and O–H groups in total. The highest BCUT2D eigenvalue weighted by atomic mass is 79.9. The van der Waals surface area contributed by atoms with Crippen LogP contribution in [0.2, 0.25) is 15.1 Å². The van der Waals surface area contributed by atoms with Crippen LogP contribution in [0.5, 0.6) is 5.75 Å². The third kappa shape index (κ3) is 5.87. The molecule has 0 aliphatic heterocycles. The lowest BCUT2D eigenvalue weighted by Gasteiger charge is -2.09. The van der Waals surface area contributed by atoms with Crippen molar-refractivity contribution in [1.82, 2.24) is 10.4 Å². The fourth-order valence-electron chi connectivity index (χ4n) is 4.01. The monoisotopic (exact) mass is 639 g/mol. The van der Waals surface area contributed by atoms with Crippen LogP contribution in [0.15, 0.2) is 94.5 Å². The molecule has 1 amide bonds. The summed E-state index contributed by atoms with van der Waals surface area (Å²) in [7, 11) is 0. The van der Waals surface area contributed by atoms with Crippen LogP contribution in [0.25, 0.3) is 22.0 Å². The number of amides is 1. The number of hydrogen-bond acceptors (Lipinski definition) is 4. The van der Waals surface area contributed by atoms with Crippen LogP contribution < -0.4 is 10.2 Å². The first-order valence-electron chi connectivity index (χ1n) is 11.5. The van der Waals surface area contributed by atoms with Gasteiger partial charge in [-0.15, -0.1) is 0 Å². The average molecular weight is 642 g/mol. The molecule has 0 bridgehead atoms. The van der Waals surface area contributed by atoms with Crippen molar-refractivity contribution in [2.45, 2.75) is 0 Å². The van der Waals surface area contributed by atoms with Gasteiger partial charge < -0.3 is 9.72 Å². The number of aromatic nitrogens is 1. The smallest absolute Gasteiger partial charge is 0.345 e. The number of halogens is 4. The highest BCUT2D eigenvalue weighted by Crippen LogP contribution is 2.37. The average Bonchev–Trinajstić information content (AvgIpc) is 3.30. The van der Waals surface area contributed by atoms with Crippen LogP contribution in [0.3, 0.4) is 0 Å². The lowest BCUT2D eigenvalue weighted by atomic mass is 10.0. The molecule has 194 valence electrons. The Kier molecular flexibility index (Phi) is 8.04. The number of hydrogen-bond donors (Lipinski definition) is 2. The number of hydrazone groups is 1. The molecule has 0 unspecified atom stereocenters. The van der Waals surface area contributed by atoms with Gasteiger partial charge in [-0.25, -0.2) is 10.2 Å². The van der Waals surface area contributed by atoms with E-state index >= 15 is 0 Å². The zero-order valence-electron chi connectivity index (χ0n) is 19.8. The number of carbonyl (C=O) groups excluding carboxylic acids is 2. The second-order valence-corrected chi connectivity index (χ2v) is 10.5. The van der Waals surface area contributed by atoms with E-state index in [-0.39, 0.29) is 22.0 Å². The molecule has 0 atom stereocenters. The van der Waals surface area contributed by atoms with Gasteiger partial charge in [-0.1, -0.05) is 93.2 Å². The number of nitrogens with zero attached hydrogens (tertiary/aromatic N) is 1. The maximum absolute atomic E-state index is 13.3. The van der Waals surface area contributed by atoms with Crippen molar-refractivity contribution >= 4 is 79.7 Å². The Balaban J connectivity index is 1.44. The summed E-state index contributed by atoms with van der Waals surface area (Å²) in [4.78, 5) is 29.1. The second-order valence-electron chi connectivity index (χ2n) is 8.30. The van der Waals surface area contributed by atoms with Gasteiger partial charge in [0.25, 0.3) is 5.91 Å². The SMILES string of the molecule is O=C(Oc1ccc(Br)cc1C=NNC(=O)c1[nH]c2c(Cl)cc(Cl)cc2c1-c1ccccc1)c1ccccc1Cl. The molecule has 39 heavy (non-hydrogen) atoms. The minimum absolute atomic E-state index is 0.226. The molecule has 0 radical (unpaired) electrons. The van der Waals surface area contributed by atoms with Crippen LogP contribution >= 0.6 is 50.7 Å². The van der Waals surface area contributed by atoms with Crippen molar-refractivity contribution in [3.05, 3.63) is 121 Å². The molecule has 1 heterocycles. The molecule has 0 aliphatic rings. The fourth-order valence-corrected chi connectivity index (χ4v) is 5.14. The third-order valence-corrected chi connectivity index (χ3v) is 7.09. The first kappa shape index (κ1) is 27.0. The topological polar surface area (TPSA) is 83.5 Å². The molecular weight excluding hydrogens is 625 g/mol. The summed E-state index contributed by atoms with van der Waals surface area (Å²) >= 11 is 22.2. The van der Waals surface area contributed by atoms with E-state index in [9.17, 15) is 9.59 Å². The summed E-state index contributed by atoms with van der Waals surface area (Å²) in [5.41, 5.74) is 5.49. The van der Waals surface area contributed by atoms with Crippen molar-refractivity contribution in [2.24, 2.45) is 5.10 Å². The molecule has 5 aromatic rings. The molecule has 6 nitrogen and oxygen atoms in total. The lowest BCUT2D eigenvalue weighted by molar-refractivity contribution is 0.0734. The first-order valence-corrected chi connectivity index (χ1v) is 13.4. The number of aromatic amines is 1. The van der Waals surface area contributed by atoms with Gasteiger partial charge in [0.05, 0.1) is 27.3 Å². The molecule has 4 aromatic carbocycles. The van der Waals surface area contributed by atoms with Crippen LogP contribution in [0, 0.1) is 0 Å². The minimum atomic E-state index is -0.622. The highest BCUT2D eigenvalue weighted by Gasteiger charge is 2.21. The minimum Gasteiger partial charge on any atom is -0.422 e.